The van der Waals surface area contributed by atoms with Gasteiger partial charge in [-0.1, -0.05) is 18.2 Å². The molecule has 0 aliphatic carbocycles. The van der Waals surface area contributed by atoms with Crippen LogP contribution in [-0.2, 0) is 19.4 Å². The first-order valence-corrected chi connectivity index (χ1v) is 5.63. The van der Waals surface area contributed by atoms with Crippen LogP contribution in [0.4, 0.5) is 0 Å². The molecule has 0 heterocycles. The van der Waals surface area contributed by atoms with Crippen molar-refractivity contribution in [3.8, 4) is 0 Å². The largest absolute Gasteiger partial charge is 0.493 e. The molecular formula is C9H8N2O4S. The van der Waals surface area contributed by atoms with Gasteiger partial charge in [-0.2, -0.15) is 0 Å². The normalized spacial score (nSPS) is 10.3. The van der Waals surface area contributed by atoms with E-state index in [4.69, 9.17) is 5.53 Å². The summed E-state index contributed by atoms with van der Waals surface area (Å²) in [5, 5.41) is -1.04. The quantitative estimate of drug-likeness (QED) is 0.231. The number of esters is 1. The molecule has 7 heteroatoms. The molecule has 0 amide bonds. The summed E-state index contributed by atoms with van der Waals surface area (Å²) in [6.45, 7) is 0. The summed E-state index contributed by atoms with van der Waals surface area (Å²) in [4.78, 5) is 13.4. The molecule has 0 fully saturated rings. The fraction of sp³-hybridized carbons (Fsp3) is 0.111. The molecule has 0 radical (unpaired) electrons. The van der Waals surface area contributed by atoms with E-state index in [1.807, 2.05) is 0 Å². The topological polar surface area (TPSA) is 96.8 Å². The number of methoxy groups -OCH3 is 1. The number of carbonyl (C=O) groups is 1. The Hall–Kier alpha value is -1.98. The zero-order chi connectivity index (χ0) is 12.2. The standard InChI is InChI=1S/C9H8N2O4S/c1-15-9(12)8(11-10)16(13,14)7-5-3-2-4-6-7/h2-6H,1H3. The summed E-state index contributed by atoms with van der Waals surface area (Å²) >= 11 is 0. The summed E-state index contributed by atoms with van der Waals surface area (Å²) < 4.78 is 27.7. The molecule has 0 atom stereocenters. The van der Waals surface area contributed by atoms with Crippen LogP contribution < -0.4 is 0 Å². The van der Waals surface area contributed by atoms with Crippen LogP contribution in [0.5, 0.6) is 0 Å². The lowest BCUT2D eigenvalue weighted by molar-refractivity contribution is -0.136. The van der Waals surface area contributed by atoms with Crippen LogP contribution in [0.1, 0.15) is 0 Å². The van der Waals surface area contributed by atoms with E-state index in [1.165, 1.54) is 24.3 Å². The Morgan fingerprint density at radius 3 is 2.31 bits per heavy atom. The van der Waals surface area contributed by atoms with E-state index in [2.05, 4.69) is 9.53 Å². The van der Waals surface area contributed by atoms with Gasteiger partial charge in [0, 0.05) is 0 Å². The van der Waals surface area contributed by atoms with Crippen molar-refractivity contribution >= 4 is 20.9 Å². The van der Waals surface area contributed by atoms with Crippen LogP contribution in [0.25, 0.3) is 5.53 Å². The first-order chi connectivity index (χ1) is 7.54. The van der Waals surface area contributed by atoms with Gasteiger partial charge in [-0.25, -0.2) is 13.2 Å². The van der Waals surface area contributed by atoms with Crippen LogP contribution in [0, 0.1) is 0 Å². The Kier molecular flexibility index (Phi) is 3.55. The number of hydrogen-bond donors (Lipinski definition) is 0. The minimum absolute atomic E-state index is 0.145. The third-order valence-corrected chi connectivity index (χ3v) is 3.41. The molecule has 0 unspecified atom stereocenters. The first kappa shape index (κ1) is 12.1. The van der Waals surface area contributed by atoms with E-state index >= 15 is 0 Å². The van der Waals surface area contributed by atoms with Gasteiger partial charge in [0.05, 0.1) is 12.0 Å². The molecule has 0 saturated heterocycles. The maximum atomic E-state index is 11.8. The maximum absolute atomic E-state index is 11.8. The third-order valence-electron chi connectivity index (χ3n) is 1.76. The van der Waals surface area contributed by atoms with Gasteiger partial charge in [0.1, 0.15) is 0 Å². The lowest BCUT2D eigenvalue weighted by atomic mass is 10.4. The number of ether oxygens (including phenoxy) is 1. The first-order valence-electron chi connectivity index (χ1n) is 4.14. The number of hydrogen-bond acceptors (Lipinski definition) is 4. The van der Waals surface area contributed by atoms with Gasteiger partial charge in [-0.05, 0) is 12.1 Å². The van der Waals surface area contributed by atoms with Crippen LogP contribution in [-0.4, -0.2) is 31.3 Å². The molecule has 0 bridgehead atoms. The zero-order valence-electron chi connectivity index (χ0n) is 8.32. The molecule has 0 aliphatic heterocycles. The van der Waals surface area contributed by atoms with Gasteiger partial charge in [-0.15, -0.1) is 4.79 Å². The Balaban J connectivity index is 3.33. The second-order valence-corrected chi connectivity index (χ2v) is 4.58. The molecule has 16 heavy (non-hydrogen) atoms. The van der Waals surface area contributed by atoms with Crippen LogP contribution in [0.2, 0.25) is 0 Å². The molecule has 6 nitrogen and oxygen atoms in total. The fourth-order valence-corrected chi connectivity index (χ4v) is 2.15. The fourth-order valence-electron chi connectivity index (χ4n) is 1.00. The SMILES string of the molecule is COC(=O)C(=[N+]=[N-])S(=O)(=O)c1ccccc1. The van der Waals surface area contributed by atoms with Crippen molar-refractivity contribution in [2.45, 2.75) is 4.90 Å². The lowest BCUT2D eigenvalue weighted by Crippen LogP contribution is -2.26. The molecule has 0 aliphatic rings. The molecule has 1 aromatic rings. The van der Waals surface area contributed by atoms with E-state index < -0.39 is 20.9 Å². The zero-order valence-corrected chi connectivity index (χ0v) is 9.14. The monoisotopic (exact) mass is 240 g/mol. The highest BCUT2D eigenvalue weighted by Gasteiger charge is 2.38. The number of sulfone groups is 1. The van der Waals surface area contributed by atoms with Gasteiger partial charge >= 0.3 is 11.0 Å². The summed E-state index contributed by atoms with van der Waals surface area (Å²) in [6.07, 6.45) is 0. The minimum atomic E-state index is -4.14. The van der Waals surface area contributed by atoms with Crippen LogP contribution in [0.3, 0.4) is 0 Å². The van der Waals surface area contributed by atoms with Crippen molar-refractivity contribution in [1.82, 2.24) is 0 Å². The number of benzene rings is 1. The lowest BCUT2D eigenvalue weighted by Gasteiger charge is -1.97. The highest BCUT2D eigenvalue weighted by atomic mass is 32.2. The van der Waals surface area contributed by atoms with Gasteiger partial charge in [0.15, 0.2) is 0 Å². The number of carbonyl (C=O) groups excluding carboxylic acids is 1. The number of rotatable bonds is 1. The van der Waals surface area contributed by atoms with Gasteiger partial charge in [0.25, 0.3) is 9.84 Å². The molecule has 84 valence electrons. The summed E-state index contributed by atoms with van der Waals surface area (Å²) in [5.74, 6) is -1.22. The highest BCUT2D eigenvalue weighted by molar-refractivity contribution is 8.08. The van der Waals surface area contributed by atoms with Crippen molar-refractivity contribution in [2.24, 2.45) is 0 Å². The molecule has 0 saturated carbocycles. The summed E-state index contributed by atoms with van der Waals surface area (Å²) in [7, 11) is -3.14. The van der Waals surface area contributed by atoms with E-state index in [0.717, 1.165) is 7.11 Å². The smallest absolute Gasteiger partial charge is 0.460 e. The molecule has 1 aromatic carbocycles. The second-order valence-electron chi connectivity index (χ2n) is 2.71. The van der Waals surface area contributed by atoms with E-state index in [-0.39, 0.29) is 4.90 Å². The maximum Gasteiger partial charge on any atom is 0.493 e. The minimum Gasteiger partial charge on any atom is -0.460 e. The molecule has 1 rings (SSSR count). The van der Waals surface area contributed by atoms with Gasteiger partial charge in [0.2, 0.25) is 0 Å². The van der Waals surface area contributed by atoms with Crippen molar-refractivity contribution in [3.63, 3.8) is 0 Å². The molecular weight excluding hydrogens is 232 g/mol. The average Bonchev–Trinajstić information content (AvgIpc) is 2.30. The van der Waals surface area contributed by atoms with Crippen molar-refractivity contribution in [1.29, 1.82) is 0 Å². The predicted octanol–water partition coefficient (Wildman–Crippen LogP) is 0.262. The predicted molar refractivity (Wildman–Crippen MR) is 54.3 cm³/mol. The Morgan fingerprint density at radius 1 is 1.31 bits per heavy atom. The number of nitrogens with zero attached hydrogens (tertiary/aromatic N) is 2. The summed E-state index contributed by atoms with van der Waals surface area (Å²) in [6, 6.07) is 7.15. The average molecular weight is 240 g/mol. The Bertz CT molecular complexity index is 544. The highest BCUT2D eigenvalue weighted by Crippen LogP contribution is 2.11. The molecule has 0 N–H and O–H groups in total. The van der Waals surface area contributed by atoms with Gasteiger partial charge < -0.3 is 10.3 Å². The molecule has 0 aromatic heterocycles. The molecule has 0 spiro atoms. The Labute approximate surface area is 92.0 Å². The van der Waals surface area contributed by atoms with E-state index in [1.54, 1.807) is 6.07 Å². The summed E-state index contributed by atoms with van der Waals surface area (Å²) in [5.41, 5.74) is 8.53. The second kappa shape index (κ2) is 4.69. The van der Waals surface area contributed by atoms with E-state index in [0.29, 0.717) is 0 Å². The van der Waals surface area contributed by atoms with E-state index in [9.17, 15) is 13.2 Å². The van der Waals surface area contributed by atoms with Crippen molar-refractivity contribution < 1.29 is 22.7 Å². The van der Waals surface area contributed by atoms with Crippen LogP contribution in [0.15, 0.2) is 35.2 Å². The van der Waals surface area contributed by atoms with Crippen molar-refractivity contribution in [2.75, 3.05) is 7.11 Å². The van der Waals surface area contributed by atoms with Crippen LogP contribution >= 0.6 is 0 Å². The Morgan fingerprint density at radius 2 is 1.88 bits per heavy atom. The van der Waals surface area contributed by atoms with Crippen molar-refractivity contribution in [3.05, 3.63) is 35.9 Å². The third kappa shape index (κ3) is 2.16. The van der Waals surface area contributed by atoms with Gasteiger partial charge in [-0.3, -0.25) is 0 Å².